The summed E-state index contributed by atoms with van der Waals surface area (Å²) >= 11 is 0. The molecule has 0 spiro atoms. The molecule has 0 radical (unpaired) electrons. The highest BCUT2D eigenvalue weighted by Gasteiger charge is 2.12. The quantitative estimate of drug-likeness (QED) is 0.323. The Kier molecular flexibility index (Phi) is 10.7. The van der Waals surface area contributed by atoms with Crippen LogP contribution in [0.1, 0.15) is 51.4 Å². The highest BCUT2D eigenvalue weighted by molar-refractivity contribution is 8.69. The maximum Gasteiger partial charge on any atom is 0.319 e. The van der Waals surface area contributed by atoms with Gasteiger partial charge in [-0.15, -0.1) is 0 Å². The molecule has 1 fully saturated rings. The molecule has 0 heterocycles. The van der Waals surface area contributed by atoms with Gasteiger partial charge in [0.1, 0.15) is 0 Å². The van der Waals surface area contributed by atoms with Crippen molar-refractivity contribution in [1.82, 2.24) is 5.32 Å². The summed E-state index contributed by atoms with van der Waals surface area (Å²) in [5.74, 6) is 1.17. The normalized spacial score (nSPS) is 17.2. The molecule has 126 valence electrons. The Labute approximate surface area is 132 Å². The lowest BCUT2D eigenvalue weighted by Gasteiger charge is -2.21. The van der Waals surface area contributed by atoms with Gasteiger partial charge in [0.2, 0.25) is 0 Å². The average Bonchev–Trinajstić information content (AvgIpc) is 2.44. The first-order valence-corrected chi connectivity index (χ1v) is 10.9. The summed E-state index contributed by atoms with van der Waals surface area (Å²) in [7, 11) is -3.31. The van der Waals surface area contributed by atoms with Gasteiger partial charge >= 0.3 is 9.15 Å². The van der Waals surface area contributed by atoms with Gasteiger partial charge in [0.25, 0.3) is 0 Å². The third-order valence-electron chi connectivity index (χ3n) is 3.73. The van der Waals surface area contributed by atoms with E-state index in [2.05, 4.69) is 5.32 Å². The van der Waals surface area contributed by atoms with Crippen LogP contribution in [-0.2, 0) is 13.9 Å². The molecule has 0 saturated heterocycles. The molecular formula is C14H29NO4S2. The lowest BCUT2D eigenvalue weighted by molar-refractivity contribution is 0.0825. The van der Waals surface area contributed by atoms with Gasteiger partial charge in [-0.25, -0.2) is 0 Å². The van der Waals surface area contributed by atoms with Gasteiger partial charge in [0.15, 0.2) is 0 Å². The smallest absolute Gasteiger partial charge is 0.319 e. The Bertz CT molecular complexity index is 343. The van der Waals surface area contributed by atoms with E-state index >= 15 is 0 Å². The van der Waals surface area contributed by atoms with Crippen LogP contribution in [0.5, 0.6) is 0 Å². The number of hydrogen-bond donors (Lipinski definition) is 2. The summed E-state index contributed by atoms with van der Waals surface area (Å²) in [6.45, 7) is 3.28. The first kappa shape index (κ1) is 19.2. The molecule has 0 aromatic heterocycles. The van der Waals surface area contributed by atoms with Crippen LogP contribution in [0.25, 0.3) is 0 Å². The fourth-order valence-electron chi connectivity index (χ4n) is 2.58. The SMILES string of the molecule is O=S(=O)(O)SCCNCCCCCOCC1CCCCC1. The zero-order valence-electron chi connectivity index (χ0n) is 12.8. The maximum atomic E-state index is 10.5. The van der Waals surface area contributed by atoms with E-state index in [-0.39, 0.29) is 0 Å². The minimum absolute atomic E-state index is 0.378. The molecule has 0 amide bonds. The van der Waals surface area contributed by atoms with Crippen molar-refractivity contribution in [3.63, 3.8) is 0 Å². The molecule has 0 aromatic carbocycles. The van der Waals surface area contributed by atoms with Crippen molar-refractivity contribution in [3.8, 4) is 0 Å². The molecule has 0 atom stereocenters. The average molecular weight is 340 g/mol. The van der Waals surface area contributed by atoms with Crippen LogP contribution in [0.15, 0.2) is 0 Å². The molecule has 2 N–H and O–H groups in total. The van der Waals surface area contributed by atoms with Crippen LogP contribution in [0.3, 0.4) is 0 Å². The van der Waals surface area contributed by atoms with E-state index in [9.17, 15) is 8.42 Å². The Morgan fingerprint density at radius 1 is 1.10 bits per heavy atom. The molecule has 1 aliphatic carbocycles. The monoisotopic (exact) mass is 339 g/mol. The standard InChI is InChI=1S/C14H29NO4S2/c16-21(17,18)20-12-10-15-9-5-2-6-11-19-13-14-7-3-1-4-8-14/h14-15H,1-13H2,(H,16,17,18). The van der Waals surface area contributed by atoms with Crippen molar-refractivity contribution in [2.24, 2.45) is 5.92 Å². The van der Waals surface area contributed by atoms with Crippen molar-refractivity contribution >= 4 is 19.9 Å². The summed E-state index contributed by atoms with van der Waals surface area (Å²) < 4.78 is 35.2. The van der Waals surface area contributed by atoms with E-state index in [1.807, 2.05) is 0 Å². The summed E-state index contributed by atoms with van der Waals surface area (Å²) in [5.41, 5.74) is 0. The molecule has 0 bridgehead atoms. The van der Waals surface area contributed by atoms with Gasteiger partial charge in [0.05, 0.1) is 0 Å². The van der Waals surface area contributed by atoms with Gasteiger partial charge in [-0.2, -0.15) is 8.42 Å². The molecule has 1 rings (SSSR count). The molecule has 7 heteroatoms. The fraction of sp³-hybridized carbons (Fsp3) is 1.00. The van der Waals surface area contributed by atoms with Crippen molar-refractivity contribution in [2.75, 3.05) is 32.1 Å². The summed E-state index contributed by atoms with van der Waals surface area (Å²) in [6, 6.07) is 0. The third-order valence-corrected chi connectivity index (χ3v) is 5.79. The van der Waals surface area contributed by atoms with E-state index in [4.69, 9.17) is 9.29 Å². The zero-order valence-corrected chi connectivity index (χ0v) is 14.4. The van der Waals surface area contributed by atoms with Gasteiger partial charge in [-0.3, -0.25) is 4.55 Å². The van der Waals surface area contributed by atoms with Gasteiger partial charge in [-0.05, 0) is 55.4 Å². The first-order valence-electron chi connectivity index (χ1n) is 7.98. The van der Waals surface area contributed by atoms with E-state index in [1.165, 1.54) is 32.1 Å². The Morgan fingerprint density at radius 2 is 1.86 bits per heavy atom. The van der Waals surface area contributed by atoms with Crippen LogP contribution >= 0.6 is 10.8 Å². The highest BCUT2D eigenvalue weighted by Crippen LogP contribution is 2.23. The van der Waals surface area contributed by atoms with Crippen molar-refractivity contribution in [2.45, 2.75) is 51.4 Å². The fourth-order valence-corrected chi connectivity index (χ4v) is 3.90. The zero-order chi connectivity index (χ0) is 15.4. The molecule has 5 nitrogen and oxygen atoms in total. The van der Waals surface area contributed by atoms with E-state index < -0.39 is 9.15 Å². The van der Waals surface area contributed by atoms with Crippen molar-refractivity contribution in [1.29, 1.82) is 0 Å². The second-order valence-electron chi connectivity index (χ2n) is 5.64. The van der Waals surface area contributed by atoms with Gasteiger partial charge < -0.3 is 10.1 Å². The molecular weight excluding hydrogens is 310 g/mol. The predicted molar refractivity (Wildman–Crippen MR) is 88.1 cm³/mol. The third kappa shape index (κ3) is 12.4. The van der Waals surface area contributed by atoms with E-state index in [1.54, 1.807) is 0 Å². The second-order valence-corrected chi connectivity index (χ2v) is 9.11. The number of nitrogens with one attached hydrogen (secondary N) is 1. The van der Waals surface area contributed by atoms with Crippen molar-refractivity contribution in [3.05, 3.63) is 0 Å². The largest absolute Gasteiger partial charge is 0.381 e. The van der Waals surface area contributed by atoms with Crippen molar-refractivity contribution < 1.29 is 17.7 Å². The molecule has 0 aliphatic heterocycles. The molecule has 1 saturated carbocycles. The highest BCUT2D eigenvalue weighted by atomic mass is 33.1. The lowest BCUT2D eigenvalue weighted by atomic mass is 9.90. The molecule has 21 heavy (non-hydrogen) atoms. The molecule has 0 unspecified atom stereocenters. The summed E-state index contributed by atoms with van der Waals surface area (Å²) in [5, 5.41) is 3.16. The number of hydrogen-bond acceptors (Lipinski definition) is 5. The van der Waals surface area contributed by atoms with Crippen LogP contribution in [0.2, 0.25) is 0 Å². The molecule has 0 aromatic rings. The van der Waals surface area contributed by atoms with Gasteiger partial charge in [0, 0.05) is 25.5 Å². The van der Waals surface area contributed by atoms with Crippen LogP contribution < -0.4 is 5.32 Å². The van der Waals surface area contributed by atoms with Crippen LogP contribution in [-0.4, -0.2) is 45.0 Å². The number of ether oxygens (including phenoxy) is 1. The molecule has 1 aliphatic rings. The predicted octanol–water partition coefficient (Wildman–Crippen LogP) is 2.88. The van der Waals surface area contributed by atoms with E-state index in [0.29, 0.717) is 23.1 Å². The van der Waals surface area contributed by atoms with E-state index in [0.717, 1.165) is 44.9 Å². The minimum Gasteiger partial charge on any atom is -0.381 e. The number of unbranched alkanes of at least 4 members (excludes halogenated alkanes) is 2. The summed E-state index contributed by atoms with van der Waals surface area (Å²) in [6.07, 6.45) is 10.1. The van der Waals surface area contributed by atoms with Gasteiger partial charge in [-0.1, -0.05) is 19.3 Å². The number of rotatable bonds is 12. The van der Waals surface area contributed by atoms with Crippen LogP contribution in [0, 0.1) is 5.92 Å². The first-order chi connectivity index (χ1) is 10.1. The van der Waals surface area contributed by atoms with Crippen LogP contribution in [0.4, 0.5) is 0 Å². The topological polar surface area (TPSA) is 75.6 Å². The second kappa shape index (κ2) is 11.7. The Hall–Kier alpha value is 0.180. The Morgan fingerprint density at radius 3 is 2.57 bits per heavy atom. The lowest BCUT2D eigenvalue weighted by Crippen LogP contribution is -2.19. The maximum absolute atomic E-state index is 10.5. The summed E-state index contributed by atoms with van der Waals surface area (Å²) in [4.78, 5) is 0. The minimum atomic E-state index is -3.88. The Balaban J connectivity index is 1.76.